The Hall–Kier alpha value is -2.95. The van der Waals surface area contributed by atoms with Crippen LogP contribution in [0, 0.1) is 13.8 Å². The van der Waals surface area contributed by atoms with E-state index < -0.39 is 0 Å². The maximum Gasteiger partial charge on any atom is 0.225 e. The van der Waals surface area contributed by atoms with Crippen molar-refractivity contribution in [3.63, 3.8) is 0 Å². The van der Waals surface area contributed by atoms with Crippen molar-refractivity contribution in [2.24, 2.45) is 0 Å². The molecule has 2 N–H and O–H groups in total. The average molecular weight is 319 g/mol. The molecule has 0 aliphatic rings. The summed E-state index contributed by atoms with van der Waals surface area (Å²) in [5.74, 6) is 1.45. The van der Waals surface area contributed by atoms with E-state index in [1.54, 1.807) is 12.4 Å². The Morgan fingerprint density at radius 3 is 2.46 bits per heavy atom. The third-order valence-corrected chi connectivity index (χ3v) is 3.78. The van der Waals surface area contributed by atoms with Crippen molar-refractivity contribution in [1.29, 1.82) is 0 Å². The summed E-state index contributed by atoms with van der Waals surface area (Å²) in [5, 5.41) is 6.64. The number of hydrogen-bond donors (Lipinski definition) is 2. The van der Waals surface area contributed by atoms with E-state index in [1.165, 1.54) is 11.1 Å². The standard InChI is InChI=1S/C19H21N5/c1-14-5-3-4-6-17(14)13-22-19-23-15(2)11-18(24-19)21-12-16-7-9-20-10-8-16/h3-11H,12-13H2,1-2H3,(H2,21,22,23,24). The lowest BCUT2D eigenvalue weighted by atomic mass is 10.1. The lowest BCUT2D eigenvalue weighted by molar-refractivity contribution is 1.01. The number of hydrogen-bond acceptors (Lipinski definition) is 5. The van der Waals surface area contributed by atoms with Gasteiger partial charge < -0.3 is 10.6 Å². The van der Waals surface area contributed by atoms with Crippen LogP contribution in [0.25, 0.3) is 0 Å². The van der Waals surface area contributed by atoms with Crippen LogP contribution in [0.2, 0.25) is 0 Å². The predicted octanol–water partition coefficient (Wildman–Crippen LogP) is 3.71. The topological polar surface area (TPSA) is 62.7 Å². The van der Waals surface area contributed by atoms with Gasteiger partial charge in [-0.05, 0) is 42.7 Å². The molecule has 0 amide bonds. The summed E-state index contributed by atoms with van der Waals surface area (Å²) in [6.07, 6.45) is 3.58. The molecule has 3 rings (SSSR count). The first kappa shape index (κ1) is 15.9. The van der Waals surface area contributed by atoms with Gasteiger partial charge in [0.1, 0.15) is 5.82 Å². The fraction of sp³-hybridized carbons (Fsp3) is 0.211. The third-order valence-electron chi connectivity index (χ3n) is 3.78. The summed E-state index contributed by atoms with van der Waals surface area (Å²) in [6.45, 7) is 5.49. The van der Waals surface area contributed by atoms with Gasteiger partial charge in [-0.1, -0.05) is 24.3 Å². The second kappa shape index (κ2) is 7.55. The molecule has 5 heteroatoms. The normalized spacial score (nSPS) is 10.4. The molecule has 0 bridgehead atoms. The molecule has 2 aromatic heterocycles. The fourth-order valence-electron chi connectivity index (χ4n) is 2.41. The summed E-state index contributed by atoms with van der Waals surface area (Å²) in [7, 11) is 0. The van der Waals surface area contributed by atoms with E-state index >= 15 is 0 Å². The number of nitrogens with one attached hydrogen (secondary N) is 2. The second-order valence-electron chi connectivity index (χ2n) is 5.71. The van der Waals surface area contributed by atoms with Crippen LogP contribution >= 0.6 is 0 Å². The molecule has 5 nitrogen and oxygen atoms in total. The van der Waals surface area contributed by atoms with Gasteiger partial charge in [-0.2, -0.15) is 4.98 Å². The third kappa shape index (κ3) is 4.29. The Kier molecular flexibility index (Phi) is 5.01. The van der Waals surface area contributed by atoms with Gasteiger partial charge in [0.15, 0.2) is 0 Å². The lowest BCUT2D eigenvalue weighted by Gasteiger charge is -2.11. The van der Waals surface area contributed by atoms with Gasteiger partial charge >= 0.3 is 0 Å². The van der Waals surface area contributed by atoms with Crippen LogP contribution in [-0.4, -0.2) is 15.0 Å². The Morgan fingerprint density at radius 2 is 1.67 bits per heavy atom. The molecular weight excluding hydrogens is 298 g/mol. The Morgan fingerprint density at radius 1 is 0.875 bits per heavy atom. The van der Waals surface area contributed by atoms with Crippen LogP contribution in [0.5, 0.6) is 0 Å². The Balaban J connectivity index is 1.66. The van der Waals surface area contributed by atoms with Crippen molar-refractivity contribution in [3.8, 4) is 0 Å². The molecule has 0 aliphatic carbocycles. The molecule has 3 aromatic rings. The van der Waals surface area contributed by atoms with Gasteiger partial charge in [0, 0.05) is 37.2 Å². The summed E-state index contributed by atoms with van der Waals surface area (Å²) < 4.78 is 0. The number of pyridine rings is 1. The average Bonchev–Trinajstić information content (AvgIpc) is 2.60. The van der Waals surface area contributed by atoms with Crippen LogP contribution in [0.4, 0.5) is 11.8 Å². The summed E-state index contributed by atoms with van der Waals surface area (Å²) in [5.41, 5.74) is 4.59. The van der Waals surface area contributed by atoms with Crippen molar-refractivity contribution < 1.29 is 0 Å². The van der Waals surface area contributed by atoms with E-state index in [9.17, 15) is 0 Å². The number of nitrogens with zero attached hydrogens (tertiary/aromatic N) is 3. The molecule has 2 heterocycles. The van der Waals surface area contributed by atoms with Gasteiger partial charge in [-0.25, -0.2) is 4.98 Å². The second-order valence-corrected chi connectivity index (χ2v) is 5.71. The molecule has 0 fully saturated rings. The zero-order valence-corrected chi connectivity index (χ0v) is 14.0. The number of anilines is 2. The Bertz CT molecular complexity index is 802. The highest BCUT2D eigenvalue weighted by Gasteiger charge is 2.03. The van der Waals surface area contributed by atoms with E-state index in [-0.39, 0.29) is 0 Å². The van der Waals surface area contributed by atoms with Crippen LogP contribution in [0.1, 0.15) is 22.4 Å². The quantitative estimate of drug-likeness (QED) is 0.725. The van der Waals surface area contributed by atoms with E-state index in [0.29, 0.717) is 19.0 Å². The van der Waals surface area contributed by atoms with E-state index in [2.05, 4.69) is 44.6 Å². The minimum Gasteiger partial charge on any atom is -0.366 e. The number of aryl methyl sites for hydroxylation is 2. The van der Waals surface area contributed by atoms with Crippen molar-refractivity contribution in [2.45, 2.75) is 26.9 Å². The minimum atomic E-state index is 0.635. The first-order valence-corrected chi connectivity index (χ1v) is 7.97. The van der Waals surface area contributed by atoms with Gasteiger partial charge in [0.05, 0.1) is 0 Å². The zero-order chi connectivity index (χ0) is 16.8. The molecule has 0 unspecified atom stereocenters. The molecule has 0 saturated carbocycles. The van der Waals surface area contributed by atoms with E-state index in [0.717, 1.165) is 17.1 Å². The van der Waals surface area contributed by atoms with Gasteiger partial charge in [-0.15, -0.1) is 0 Å². The highest BCUT2D eigenvalue weighted by atomic mass is 15.1. The summed E-state index contributed by atoms with van der Waals surface area (Å²) in [4.78, 5) is 13.0. The molecule has 0 radical (unpaired) electrons. The largest absolute Gasteiger partial charge is 0.366 e. The maximum absolute atomic E-state index is 4.54. The zero-order valence-electron chi connectivity index (χ0n) is 14.0. The molecular formula is C19H21N5. The van der Waals surface area contributed by atoms with Gasteiger partial charge in [-0.3, -0.25) is 4.98 Å². The van der Waals surface area contributed by atoms with Gasteiger partial charge in [0.25, 0.3) is 0 Å². The highest BCUT2D eigenvalue weighted by molar-refractivity contribution is 5.43. The van der Waals surface area contributed by atoms with Crippen molar-refractivity contribution >= 4 is 11.8 Å². The van der Waals surface area contributed by atoms with Crippen molar-refractivity contribution in [1.82, 2.24) is 15.0 Å². The van der Waals surface area contributed by atoms with Crippen molar-refractivity contribution in [3.05, 3.63) is 77.2 Å². The van der Waals surface area contributed by atoms with E-state index in [1.807, 2.05) is 37.3 Å². The molecule has 0 aliphatic heterocycles. The first-order chi connectivity index (χ1) is 11.7. The lowest BCUT2D eigenvalue weighted by Crippen LogP contribution is -2.08. The molecule has 24 heavy (non-hydrogen) atoms. The highest BCUT2D eigenvalue weighted by Crippen LogP contribution is 2.13. The predicted molar refractivity (Wildman–Crippen MR) is 96.8 cm³/mol. The van der Waals surface area contributed by atoms with Crippen LogP contribution in [0.3, 0.4) is 0 Å². The van der Waals surface area contributed by atoms with Gasteiger partial charge in [0.2, 0.25) is 5.95 Å². The molecule has 1 aromatic carbocycles. The maximum atomic E-state index is 4.54. The molecule has 0 spiro atoms. The number of aromatic nitrogens is 3. The minimum absolute atomic E-state index is 0.635. The monoisotopic (exact) mass is 319 g/mol. The summed E-state index contributed by atoms with van der Waals surface area (Å²) >= 11 is 0. The first-order valence-electron chi connectivity index (χ1n) is 7.97. The number of rotatable bonds is 6. The number of benzene rings is 1. The van der Waals surface area contributed by atoms with Crippen LogP contribution in [-0.2, 0) is 13.1 Å². The molecule has 122 valence electrons. The fourth-order valence-corrected chi connectivity index (χ4v) is 2.41. The SMILES string of the molecule is Cc1cc(NCc2ccncc2)nc(NCc2ccccc2C)n1. The van der Waals surface area contributed by atoms with Crippen LogP contribution < -0.4 is 10.6 Å². The summed E-state index contributed by atoms with van der Waals surface area (Å²) in [6, 6.07) is 14.2. The Labute approximate surface area is 142 Å². The smallest absolute Gasteiger partial charge is 0.225 e. The van der Waals surface area contributed by atoms with Crippen LogP contribution in [0.15, 0.2) is 54.9 Å². The van der Waals surface area contributed by atoms with Crippen molar-refractivity contribution in [2.75, 3.05) is 10.6 Å². The molecule has 0 atom stereocenters. The molecule has 0 saturated heterocycles. The van der Waals surface area contributed by atoms with E-state index in [4.69, 9.17) is 0 Å².